The molecule has 0 aliphatic rings. The van der Waals surface area contributed by atoms with Gasteiger partial charge in [-0.3, -0.25) is 0 Å². The fraction of sp³-hybridized carbons (Fsp3) is 0.714. The Labute approximate surface area is 115 Å². The van der Waals surface area contributed by atoms with Crippen LogP contribution >= 0.6 is 0 Å². The van der Waals surface area contributed by atoms with Crippen LogP contribution in [0.25, 0.3) is 0 Å². The van der Waals surface area contributed by atoms with Gasteiger partial charge < -0.3 is 14.8 Å². The van der Waals surface area contributed by atoms with Crippen LogP contribution in [-0.4, -0.2) is 30.7 Å². The first-order valence-corrected chi connectivity index (χ1v) is 6.95. The lowest BCUT2D eigenvalue weighted by Gasteiger charge is -2.19. The van der Waals surface area contributed by atoms with Crippen molar-refractivity contribution in [2.45, 2.75) is 45.6 Å². The van der Waals surface area contributed by atoms with Crippen molar-refractivity contribution in [3.8, 4) is 11.8 Å². The number of ether oxygens (including phenoxy) is 2. The van der Waals surface area contributed by atoms with Gasteiger partial charge in [0.15, 0.2) is 0 Å². The van der Waals surface area contributed by atoms with Gasteiger partial charge >= 0.3 is 0 Å². The summed E-state index contributed by atoms with van der Waals surface area (Å²) in [6, 6.07) is 0.185. The Hall–Kier alpha value is -1.36. The normalized spacial score (nSPS) is 12.2. The Morgan fingerprint density at radius 3 is 2.58 bits per heavy atom. The molecule has 0 amide bonds. The van der Waals surface area contributed by atoms with Crippen LogP contribution in [0.1, 0.15) is 51.3 Å². The SMILES string of the molecule is CCCCCC(NCC)c1ncc(OC)nc1OC. The van der Waals surface area contributed by atoms with Gasteiger partial charge in [-0.05, 0) is 13.0 Å². The van der Waals surface area contributed by atoms with E-state index in [1.165, 1.54) is 19.3 Å². The molecular weight excluding hydrogens is 242 g/mol. The van der Waals surface area contributed by atoms with Crippen molar-refractivity contribution in [1.82, 2.24) is 15.3 Å². The van der Waals surface area contributed by atoms with Gasteiger partial charge in [0.25, 0.3) is 0 Å². The van der Waals surface area contributed by atoms with Crippen molar-refractivity contribution < 1.29 is 9.47 Å². The Morgan fingerprint density at radius 1 is 1.21 bits per heavy atom. The van der Waals surface area contributed by atoms with Crippen LogP contribution in [0.15, 0.2) is 6.20 Å². The molecule has 1 aromatic rings. The van der Waals surface area contributed by atoms with Gasteiger partial charge in [-0.1, -0.05) is 33.1 Å². The molecule has 108 valence electrons. The molecule has 0 aromatic carbocycles. The van der Waals surface area contributed by atoms with Crippen LogP contribution < -0.4 is 14.8 Å². The van der Waals surface area contributed by atoms with Crippen LogP contribution in [-0.2, 0) is 0 Å². The molecule has 0 saturated carbocycles. The molecule has 1 N–H and O–H groups in total. The maximum Gasteiger partial charge on any atom is 0.240 e. The summed E-state index contributed by atoms with van der Waals surface area (Å²) in [4.78, 5) is 8.74. The predicted molar refractivity (Wildman–Crippen MR) is 75.7 cm³/mol. The number of methoxy groups -OCH3 is 2. The molecule has 0 bridgehead atoms. The third-order valence-electron chi connectivity index (χ3n) is 3.02. The minimum absolute atomic E-state index is 0.185. The van der Waals surface area contributed by atoms with Crippen LogP contribution in [0.5, 0.6) is 11.8 Å². The number of nitrogens with zero attached hydrogens (tertiary/aromatic N) is 2. The Morgan fingerprint density at radius 2 is 2.00 bits per heavy atom. The second kappa shape index (κ2) is 8.69. The lowest BCUT2D eigenvalue weighted by Crippen LogP contribution is -2.23. The molecule has 1 atom stereocenters. The maximum absolute atomic E-state index is 5.33. The molecule has 1 unspecified atom stereocenters. The predicted octanol–water partition coefficient (Wildman–Crippen LogP) is 2.72. The lowest BCUT2D eigenvalue weighted by atomic mass is 10.1. The second-order valence-electron chi connectivity index (χ2n) is 4.41. The van der Waals surface area contributed by atoms with Crippen molar-refractivity contribution >= 4 is 0 Å². The summed E-state index contributed by atoms with van der Waals surface area (Å²) in [6.07, 6.45) is 6.30. The summed E-state index contributed by atoms with van der Waals surface area (Å²) in [5.74, 6) is 1.02. The fourth-order valence-electron chi connectivity index (χ4n) is 2.03. The van der Waals surface area contributed by atoms with E-state index in [0.717, 1.165) is 18.7 Å². The van der Waals surface area contributed by atoms with Crippen LogP contribution in [0, 0.1) is 0 Å². The van der Waals surface area contributed by atoms with Crippen molar-refractivity contribution in [2.24, 2.45) is 0 Å². The van der Waals surface area contributed by atoms with E-state index >= 15 is 0 Å². The monoisotopic (exact) mass is 267 g/mol. The molecule has 1 heterocycles. The molecule has 0 fully saturated rings. The summed E-state index contributed by atoms with van der Waals surface area (Å²) in [6.45, 7) is 5.19. The highest BCUT2D eigenvalue weighted by Crippen LogP contribution is 2.26. The van der Waals surface area contributed by atoms with E-state index in [2.05, 4.69) is 29.1 Å². The molecule has 0 spiro atoms. The zero-order valence-corrected chi connectivity index (χ0v) is 12.4. The van der Waals surface area contributed by atoms with Crippen molar-refractivity contribution in [3.05, 3.63) is 11.9 Å². The second-order valence-corrected chi connectivity index (χ2v) is 4.41. The molecule has 0 aliphatic carbocycles. The van der Waals surface area contributed by atoms with Crippen molar-refractivity contribution in [1.29, 1.82) is 0 Å². The van der Waals surface area contributed by atoms with Crippen LogP contribution in [0.4, 0.5) is 0 Å². The number of rotatable bonds is 9. The van der Waals surface area contributed by atoms with Gasteiger partial charge in [0.2, 0.25) is 11.8 Å². The van der Waals surface area contributed by atoms with E-state index < -0.39 is 0 Å². The third kappa shape index (κ3) is 4.67. The molecule has 0 aliphatic heterocycles. The Bertz CT molecular complexity index is 372. The first-order valence-electron chi connectivity index (χ1n) is 6.95. The average molecular weight is 267 g/mol. The molecule has 5 heteroatoms. The van der Waals surface area contributed by atoms with E-state index in [0.29, 0.717) is 11.8 Å². The van der Waals surface area contributed by atoms with Gasteiger partial charge in [-0.2, -0.15) is 4.98 Å². The average Bonchev–Trinajstić information content (AvgIpc) is 2.46. The highest BCUT2D eigenvalue weighted by molar-refractivity contribution is 5.25. The maximum atomic E-state index is 5.33. The molecule has 0 radical (unpaired) electrons. The number of hydrogen-bond donors (Lipinski definition) is 1. The zero-order chi connectivity index (χ0) is 14.1. The number of nitrogens with one attached hydrogen (secondary N) is 1. The largest absolute Gasteiger partial charge is 0.480 e. The quantitative estimate of drug-likeness (QED) is 0.697. The van der Waals surface area contributed by atoms with Crippen molar-refractivity contribution in [3.63, 3.8) is 0 Å². The van der Waals surface area contributed by atoms with Gasteiger partial charge in [0.1, 0.15) is 5.69 Å². The molecule has 19 heavy (non-hydrogen) atoms. The zero-order valence-electron chi connectivity index (χ0n) is 12.4. The minimum atomic E-state index is 0.185. The Kier molecular flexibility index (Phi) is 7.18. The first-order chi connectivity index (χ1) is 9.26. The summed E-state index contributed by atoms with van der Waals surface area (Å²) < 4.78 is 10.4. The number of aromatic nitrogens is 2. The molecule has 1 aromatic heterocycles. The fourth-order valence-corrected chi connectivity index (χ4v) is 2.03. The lowest BCUT2D eigenvalue weighted by molar-refractivity contribution is 0.346. The highest BCUT2D eigenvalue weighted by Gasteiger charge is 2.18. The van der Waals surface area contributed by atoms with E-state index in [1.807, 2.05) is 0 Å². The van der Waals surface area contributed by atoms with E-state index in [4.69, 9.17) is 9.47 Å². The topological polar surface area (TPSA) is 56.3 Å². The summed E-state index contributed by atoms with van der Waals surface area (Å²) in [7, 11) is 3.19. The van der Waals surface area contributed by atoms with Gasteiger partial charge in [0.05, 0.1) is 26.5 Å². The summed E-state index contributed by atoms with van der Waals surface area (Å²) in [5, 5.41) is 3.45. The standard InChI is InChI=1S/C14H25N3O2/c1-5-7-8-9-11(15-6-2)13-14(19-4)17-12(18-3)10-16-13/h10-11,15H,5-9H2,1-4H3. The minimum Gasteiger partial charge on any atom is -0.480 e. The van der Waals surface area contributed by atoms with Crippen molar-refractivity contribution in [2.75, 3.05) is 20.8 Å². The molecule has 5 nitrogen and oxygen atoms in total. The highest BCUT2D eigenvalue weighted by atomic mass is 16.5. The van der Waals surface area contributed by atoms with Gasteiger partial charge in [-0.25, -0.2) is 4.98 Å². The Balaban J connectivity index is 2.87. The smallest absolute Gasteiger partial charge is 0.240 e. The van der Waals surface area contributed by atoms with E-state index in [9.17, 15) is 0 Å². The molecular formula is C14H25N3O2. The molecule has 1 rings (SSSR count). The van der Waals surface area contributed by atoms with Gasteiger partial charge in [-0.15, -0.1) is 0 Å². The van der Waals surface area contributed by atoms with E-state index in [1.54, 1.807) is 20.4 Å². The van der Waals surface area contributed by atoms with Crippen LogP contribution in [0.2, 0.25) is 0 Å². The number of hydrogen-bond acceptors (Lipinski definition) is 5. The van der Waals surface area contributed by atoms with Gasteiger partial charge in [0, 0.05) is 0 Å². The third-order valence-corrected chi connectivity index (χ3v) is 3.02. The number of unbranched alkanes of at least 4 members (excludes halogenated alkanes) is 2. The summed E-state index contributed by atoms with van der Waals surface area (Å²) in [5.41, 5.74) is 0.862. The van der Waals surface area contributed by atoms with Crippen LogP contribution in [0.3, 0.4) is 0 Å². The molecule has 0 saturated heterocycles. The summed E-state index contributed by atoms with van der Waals surface area (Å²) >= 11 is 0. The first kappa shape index (κ1) is 15.7. The van der Waals surface area contributed by atoms with E-state index in [-0.39, 0.29) is 6.04 Å².